The Morgan fingerprint density at radius 2 is 2.17 bits per heavy atom. The van der Waals surface area contributed by atoms with E-state index in [1.807, 2.05) is 0 Å². The number of nitrogens with one attached hydrogen (secondary N) is 1. The Morgan fingerprint density at radius 3 is 2.79 bits per heavy atom. The lowest BCUT2D eigenvalue weighted by Gasteiger charge is -2.18. The number of nitrogens with zero attached hydrogens (tertiary/aromatic N) is 2. The number of amides is 1. The highest BCUT2D eigenvalue weighted by molar-refractivity contribution is 5.97. The number of hydrogen-bond acceptors (Lipinski definition) is 5. The summed E-state index contributed by atoms with van der Waals surface area (Å²) in [5.74, 6) is -1.24. The van der Waals surface area contributed by atoms with Crippen LogP contribution < -0.4 is 5.32 Å². The molecule has 0 saturated carbocycles. The van der Waals surface area contributed by atoms with Crippen molar-refractivity contribution in [3.63, 3.8) is 0 Å². The van der Waals surface area contributed by atoms with Crippen LogP contribution in [-0.4, -0.2) is 53.2 Å². The second kappa shape index (κ2) is 7.04. The number of nitro groups is 1. The molecule has 24 heavy (non-hydrogen) atoms. The van der Waals surface area contributed by atoms with E-state index in [-0.39, 0.29) is 30.3 Å². The van der Waals surface area contributed by atoms with Gasteiger partial charge in [-0.15, -0.1) is 0 Å². The van der Waals surface area contributed by atoms with Gasteiger partial charge in [-0.25, -0.2) is 0 Å². The van der Waals surface area contributed by atoms with Gasteiger partial charge in [-0.1, -0.05) is 0 Å². The van der Waals surface area contributed by atoms with Gasteiger partial charge in [-0.3, -0.25) is 19.8 Å². The Hall–Kier alpha value is -2.36. The van der Waals surface area contributed by atoms with Crippen LogP contribution in [-0.2, 0) is 0 Å². The van der Waals surface area contributed by atoms with Crippen molar-refractivity contribution in [2.45, 2.75) is 12.6 Å². The van der Waals surface area contributed by atoms with Crippen LogP contribution in [0.1, 0.15) is 16.8 Å². The number of halogens is 3. The topological polar surface area (TPSA) is 95.7 Å². The summed E-state index contributed by atoms with van der Waals surface area (Å²) in [4.78, 5) is 23.3. The van der Waals surface area contributed by atoms with E-state index >= 15 is 0 Å². The molecule has 0 unspecified atom stereocenters. The van der Waals surface area contributed by atoms with Gasteiger partial charge < -0.3 is 10.4 Å². The molecule has 0 bridgehead atoms. The normalized spacial score (nSPS) is 18.5. The summed E-state index contributed by atoms with van der Waals surface area (Å²) in [7, 11) is 0. The molecule has 1 fully saturated rings. The van der Waals surface area contributed by atoms with Gasteiger partial charge in [0.05, 0.1) is 17.0 Å². The highest BCUT2D eigenvalue weighted by Crippen LogP contribution is 2.24. The molecule has 10 heteroatoms. The highest BCUT2D eigenvalue weighted by Gasteiger charge is 2.34. The number of carbonyl (C=O) groups excluding carboxylic acids is 1. The summed E-state index contributed by atoms with van der Waals surface area (Å²) in [6.07, 6.45) is -3.75. The number of hydrogen-bond donors (Lipinski definition) is 2. The van der Waals surface area contributed by atoms with Gasteiger partial charge in [0.2, 0.25) is 0 Å². The Morgan fingerprint density at radius 1 is 1.46 bits per heavy atom. The SMILES string of the molecule is O=C(NC[C@@H]1CCN(CC(F)(F)F)C1)c1cc([N+](=O)[O-])ccc1O. The third-order valence-electron chi connectivity index (χ3n) is 3.76. The maximum Gasteiger partial charge on any atom is 0.401 e. The zero-order valence-electron chi connectivity index (χ0n) is 12.5. The first kappa shape index (κ1) is 18.0. The summed E-state index contributed by atoms with van der Waals surface area (Å²) in [6, 6.07) is 3.07. The number of benzene rings is 1. The molecule has 132 valence electrons. The summed E-state index contributed by atoms with van der Waals surface area (Å²) < 4.78 is 37.0. The van der Waals surface area contributed by atoms with E-state index in [1.54, 1.807) is 0 Å². The standard InChI is InChI=1S/C14H16F3N3O4/c15-14(16,17)8-19-4-3-9(7-19)6-18-13(22)11-5-10(20(23)24)1-2-12(11)21/h1-2,5,9,21H,3-4,6-8H2,(H,18,22)/t9-/m0/s1. The lowest BCUT2D eigenvalue weighted by molar-refractivity contribution is -0.384. The third kappa shape index (κ3) is 4.82. The number of rotatable bonds is 5. The molecule has 0 aromatic heterocycles. The van der Waals surface area contributed by atoms with Crippen molar-refractivity contribution in [2.24, 2.45) is 5.92 Å². The number of likely N-dealkylation sites (tertiary alicyclic amines) is 1. The number of carbonyl (C=O) groups is 1. The molecule has 1 amide bonds. The van der Waals surface area contributed by atoms with Gasteiger partial charge in [-0.05, 0) is 24.9 Å². The lowest BCUT2D eigenvalue weighted by atomic mass is 10.1. The Kier molecular flexibility index (Phi) is 5.27. The first-order valence-corrected chi connectivity index (χ1v) is 7.20. The smallest absolute Gasteiger partial charge is 0.401 e. The number of phenolic OH excluding ortho intramolecular Hbond substituents is 1. The molecule has 2 N–H and O–H groups in total. The first-order chi connectivity index (χ1) is 11.2. The molecule has 1 atom stereocenters. The maximum atomic E-state index is 12.3. The fraction of sp³-hybridized carbons (Fsp3) is 0.500. The predicted octanol–water partition coefficient (Wildman–Crippen LogP) is 1.91. The van der Waals surface area contributed by atoms with Crippen LogP contribution in [0.5, 0.6) is 5.75 Å². The van der Waals surface area contributed by atoms with Crippen LogP contribution in [0.3, 0.4) is 0 Å². The van der Waals surface area contributed by atoms with Crippen molar-refractivity contribution >= 4 is 11.6 Å². The molecule has 7 nitrogen and oxygen atoms in total. The zero-order chi connectivity index (χ0) is 17.9. The van der Waals surface area contributed by atoms with E-state index in [4.69, 9.17) is 0 Å². The summed E-state index contributed by atoms with van der Waals surface area (Å²) in [6.45, 7) is -0.346. The fourth-order valence-electron chi connectivity index (χ4n) is 2.63. The number of phenols is 1. The number of aromatic hydroxyl groups is 1. The van der Waals surface area contributed by atoms with Crippen molar-refractivity contribution in [3.8, 4) is 5.75 Å². The van der Waals surface area contributed by atoms with Crippen LogP contribution in [0.15, 0.2) is 18.2 Å². The quantitative estimate of drug-likeness (QED) is 0.627. The first-order valence-electron chi connectivity index (χ1n) is 7.20. The van der Waals surface area contributed by atoms with Crippen molar-refractivity contribution in [1.82, 2.24) is 10.2 Å². The molecular formula is C14H16F3N3O4. The molecule has 0 aliphatic carbocycles. The van der Waals surface area contributed by atoms with E-state index in [1.165, 1.54) is 4.90 Å². The van der Waals surface area contributed by atoms with Gasteiger partial charge in [0.25, 0.3) is 11.6 Å². The van der Waals surface area contributed by atoms with Crippen molar-refractivity contribution in [3.05, 3.63) is 33.9 Å². The second-order valence-electron chi connectivity index (χ2n) is 5.67. The number of alkyl halides is 3. The predicted molar refractivity (Wildman–Crippen MR) is 77.7 cm³/mol. The second-order valence-corrected chi connectivity index (χ2v) is 5.67. The number of nitro benzene ring substituents is 1. The monoisotopic (exact) mass is 347 g/mol. The molecule has 1 saturated heterocycles. The average Bonchev–Trinajstić information content (AvgIpc) is 2.90. The molecule has 1 heterocycles. The summed E-state index contributed by atoms with van der Waals surface area (Å²) in [5, 5.41) is 22.8. The van der Waals surface area contributed by atoms with E-state index in [2.05, 4.69) is 5.32 Å². The molecular weight excluding hydrogens is 331 g/mol. The molecule has 1 aromatic rings. The van der Waals surface area contributed by atoms with Gasteiger partial charge in [0, 0.05) is 25.2 Å². The minimum atomic E-state index is -4.26. The van der Waals surface area contributed by atoms with Crippen LogP contribution in [0.25, 0.3) is 0 Å². The average molecular weight is 347 g/mol. The van der Waals surface area contributed by atoms with Gasteiger partial charge in [0.15, 0.2) is 0 Å². The molecule has 2 rings (SSSR count). The minimum Gasteiger partial charge on any atom is -0.507 e. The molecule has 1 aliphatic rings. The third-order valence-corrected chi connectivity index (χ3v) is 3.76. The minimum absolute atomic E-state index is 0.134. The van der Waals surface area contributed by atoms with Crippen LogP contribution in [0.2, 0.25) is 0 Å². The van der Waals surface area contributed by atoms with Crippen molar-refractivity contribution < 1.29 is 28.0 Å². The van der Waals surface area contributed by atoms with Crippen LogP contribution in [0, 0.1) is 16.0 Å². The van der Waals surface area contributed by atoms with Crippen LogP contribution in [0.4, 0.5) is 18.9 Å². The van der Waals surface area contributed by atoms with E-state index in [0.29, 0.717) is 13.0 Å². The Labute approximate surface area is 135 Å². The zero-order valence-corrected chi connectivity index (χ0v) is 12.5. The Bertz CT molecular complexity index is 636. The molecule has 1 aliphatic heterocycles. The number of non-ortho nitro benzene ring substituents is 1. The van der Waals surface area contributed by atoms with E-state index < -0.39 is 29.3 Å². The summed E-state index contributed by atoms with van der Waals surface area (Å²) >= 11 is 0. The van der Waals surface area contributed by atoms with E-state index in [9.17, 15) is 33.2 Å². The lowest BCUT2D eigenvalue weighted by Crippen LogP contribution is -2.34. The van der Waals surface area contributed by atoms with Crippen molar-refractivity contribution in [2.75, 3.05) is 26.2 Å². The van der Waals surface area contributed by atoms with Crippen molar-refractivity contribution in [1.29, 1.82) is 0 Å². The largest absolute Gasteiger partial charge is 0.507 e. The molecule has 0 spiro atoms. The highest BCUT2D eigenvalue weighted by atomic mass is 19.4. The maximum absolute atomic E-state index is 12.3. The van der Waals surface area contributed by atoms with Gasteiger partial charge in [-0.2, -0.15) is 13.2 Å². The van der Waals surface area contributed by atoms with Gasteiger partial charge in [0.1, 0.15) is 5.75 Å². The molecule has 0 radical (unpaired) electrons. The van der Waals surface area contributed by atoms with Gasteiger partial charge >= 0.3 is 6.18 Å². The fourth-order valence-corrected chi connectivity index (χ4v) is 2.63. The molecule has 1 aromatic carbocycles. The summed E-state index contributed by atoms with van der Waals surface area (Å²) in [5.41, 5.74) is -0.579. The van der Waals surface area contributed by atoms with E-state index in [0.717, 1.165) is 18.2 Å². The Balaban J connectivity index is 1.90. The van der Waals surface area contributed by atoms with Crippen LogP contribution >= 0.6 is 0 Å².